The molecule has 0 saturated carbocycles. The number of hydrogen-bond donors (Lipinski definition) is 3. The zero-order chi connectivity index (χ0) is 10.6. The Bertz CT molecular complexity index is 301. The number of aliphatic hydroxyl groups excluding tert-OH is 1. The molecular weight excluding hydrogens is 178 g/mol. The van der Waals surface area contributed by atoms with E-state index in [9.17, 15) is 0 Å². The third kappa shape index (κ3) is 2.88. The molecular formula is C10H17N3O. The second kappa shape index (κ2) is 4.81. The molecule has 1 rings (SSSR count). The van der Waals surface area contributed by atoms with Crippen LogP contribution in [0.15, 0.2) is 12.3 Å². The number of anilines is 2. The molecule has 0 spiro atoms. The van der Waals surface area contributed by atoms with Gasteiger partial charge in [-0.1, -0.05) is 6.92 Å². The average molecular weight is 195 g/mol. The number of nitrogen functional groups attached to an aromatic ring is 1. The maximum atomic E-state index is 8.83. The van der Waals surface area contributed by atoms with E-state index < -0.39 is 0 Å². The van der Waals surface area contributed by atoms with Gasteiger partial charge in [-0.05, 0) is 24.5 Å². The normalized spacial score (nSPS) is 12.5. The molecule has 0 amide bonds. The summed E-state index contributed by atoms with van der Waals surface area (Å²) in [5.74, 6) is 0.897. The number of aryl methyl sites for hydroxylation is 1. The summed E-state index contributed by atoms with van der Waals surface area (Å²) in [5, 5.41) is 11.9. The van der Waals surface area contributed by atoms with Crippen LogP contribution in [0.25, 0.3) is 0 Å². The van der Waals surface area contributed by atoms with Crippen LogP contribution in [-0.4, -0.2) is 23.2 Å². The van der Waals surface area contributed by atoms with Gasteiger partial charge in [-0.25, -0.2) is 4.98 Å². The number of pyridine rings is 1. The minimum absolute atomic E-state index is 0.165. The van der Waals surface area contributed by atoms with Crippen LogP contribution in [0.1, 0.15) is 12.5 Å². The van der Waals surface area contributed by atoms with Gasteiger partial charge < -0.3 is 16.2 Å². The predicted octanol–water partition coefficient (Wildman–Crippen LogP) is 1.01. The first-order valence-corrected chi connectivity index (χ1v) is 4.70. The van der Waals surface area contributed by atoms with Crippen molar-refractivity contribution >= 4 is 11.5 Å². The van der Waals surface area contributed by atoms with Gasteiger partial charge in [0.05, 0.1) is 5.69 Å². The van der Waals surface area contributed by atoms with Gasteiger partial charge in [-0.3, -0.25) is 0 Å². The van der Waals surface area contributed by atoms with Crippen molar-refractivity contribution < 1.29 is 5.11 Å². The summed E-state index contributed by atoms with van der Waals surface area (Å²) >= 11 is 0. The molecule has 1 aromatic rings. The number of aliphatic hydroxyl groups is 1. The largest absolute Gasteiger partial charge is 0.396 e. The van der Waals surface area contributed by atoms with Gasteiger partial charge >= 0.3 is 0 Å². The van der Waals surface area contributed by atoms with Gasteiger partial charge in [0.25, 0.3) is 0 Å². The molecule has 4 N–H and O–H groups in total. The van der Waals surface area contributed by atoms with Crippen LogP contribution in [0.2, 0.25) is 0 Å². The molecule has 78 valence electrons. The Hall–Kier alpha value is -1.29. The van der Waals surface area contributed by atoms with E-state index in [1.807, 2.05) is 19.9 Å². The smallest absolute Gasteiger partial charge is 0.149 e. The minimum Gasteiger partial charge on any atom is -0.396 e. The second-order valence-corrected chi connectivity index (χ2v) is 3.62. The lowest BCUT2D eigenvalue weighted by Gasteiger charge is -2.11. The maximum Gasteiger partial charge on any atom is 0.149 e. The zero-order valence-electron chi connectivity index (χ0n) is 8.62. The Kier molecular flexibility index (Phi) is 3.71. The van der Waals surface area contributed by atoms with Crippen molar-refractivity contribution in [3.05, 3.63) is 17.8 Å². The molecule has 0 fully saturated rings. The fourth-order valence-electron chi connectivity index (χ4n) is 1.07. The van der Waals surface area contributed by atoms with E-state index in [4.69, 9.17) is 10.8 Å². The van der Waals surface area contributed by atoms with Gasteiger partial charge in [0, 0.05) is 19.3 Å². The molecule has 4 heteroatoms. The molecule has 14 heavy (non-hydrogen) atoms. The molecule has 1 atom stereocenters. The molecule has 1 aromatic heterocycles. The summed E-state index contributed by atoms with van der Waals surface area (Å²) in [5.41, 5.74) is 7.45. The molecule has 4 nitrogen and oxygen atoms in total. The highest BCUT2D eigenvalue weighted by molar-refractivity contribution is 5.61. The third-order valence-electron chi connectivity index (χ3n) is 1.98. The molecule has 0 bridgehead atoms. The highest BCUT2D eigenvalue weighted by Gasteiger charge is 2.03. The van der Waals surface area contributed by atoms with E-state index in [2.05, 4.69) is 10.3 Å². The van der Waals surface area contributed by atoms with Crippen LogP contribution < -0.4 is 11.1 Å². The van der Waals surface area contributed by atoms with Crippen LogP contribution in [0.3, 0.4) is 0 Å². The topological polar surface area (TPSA) is 71.2 Å². The van der Waals surface area contributed by atoms with Crippen molar-refractivity contribution in [1.29, 1.82) is 0 Å². The molecule has 0 saturated heterocycles. The van der Waals surface area contributed by atoms with Crippen molar-refractivity contribution in [3.63, 3.8) is 0 Å². The van der Waals surface area contributed by atoms with Crippen molar-refractivity contribution in [2.24, 2.45) is 5.92 Å². The van der Waals surface area contributed by atoms with E-state index in [0.29, 0.717) is 18.1 Å². The van der Waals surface area contributed by atoms with Crippen LogP contribution >= 0.6 is 0 Å². The lowest BCUT2D eigenvalue weighted by molar-refractivity contribution is 0.244. The number of aromatic nitrogens is 1. The van der Waals surface area contributed by atoms with Gasteiger partial charge in [-0.15, -0.1) is 0 Å². The van der Waals surface area contributed by atoms with Crippen LogP contribution in [0, 0.1) is 12.8 Å². The van der Waals surface area contributed by atoms with Crippen molar-refractivity contribution in [2.45, 2.75) is 13.8 Å². The van der Waals surface area contributed by atoms with Gasteiger partial charge in [0.2, 0.25) is 0 Å². The zero-order valence-corrected chi connectivity index (χ0v) is 8.62. The number of nitrogens with zero attached hydrogens (tertiary/aromatic N) is 1. The van der Waals surface area contributed by atoms with E-state index in [1.54, 1.807) is 6.20 Å². The molecule has 1 heterocycles. The number of hydrogen-bond acceptors (Lipinski definition) is 4. The Balaban J connectivity index is 2.59. The highest BCUT2D eigenvalue weighted by Crippen LogP contribution is 2.15. The standard InChI is InChI=1S/C10H17N3O/c1-7-3-9(11)10(12-4-7)13-5-8(2)6-14/h3-4,8,14H,5-6,11H2,1-2H3,(H,12,13). The summed E-state index contributed by atoms with van der Waals surface area (Å²) < 4.78 is 0. The van der Waals surface area contributed by atoms with Crippen LogP contribution in [0.5, 0.6) is 0 Å². The first-order chi connectivity index (χ1) is 6.63. The predicted molar refractivity (Wildman–Crippen MR) is 58.1 cm³/mol. The van der Waals surface area contributed by atoms with Gasteiger partial charge in [0.1, 0.15) is 5.82 Å². The molecule has 0 aromatic carbocycles. The number of nitrogens with one attached hydrogen (secondary N) is 1. The average Bonchev–Trinajstić information content (AvgIpc) is 2.16. The first-order valence-electron chi connectivity index (χ1n) is 4.70. The Morgan fingerprint density at radius 3 is 2.93 bits per heavy atom. The van der Waals surface area contributed by atoms with Crippen LogP contribution in [-0.2, 0) is 0 Å². The SMILES string of the molecule is Cc1cnc(NCC(C)CO)c(N)c1. The monoisotopic (exact) mass is 195 g/mol. The molecule has 1 unspecified atom stereocenters. The second-order valence-electron chi connectivity index (χ2n) is 3.62. The molecule has 0 aliphatic carbocycles. The van der Waals surface area contributed by atoms with E-state index in [-0.39, 0.29) is 12.5 Å². The Morgan fingerprint density at radius 2 is 2.36 bits per heavy atom. The Labute approximate surface area is 84.2 Å². The van der Waals surface area contributed by atoms with Crippen molar-refractivity contribution in [3.8, 4) is 0 Å². The summed E-state index contributed by atoms with van der Waals surface area (Å²) in [4.78, 5) is 4.17. The third-order valence-corrected chi connectivity index (χ3v) is 1.98. The molecule has 0 aliphatic rings. The fraction of sp³-hybridized carbons (Fsp3) is 0.500. The van der Waals surface area contributed by atoms with E-state index in [0.717, 1.165) is 5.56 Å². The lowest BCUT2D eigenvalue weighted by atomic mass is 10.2. The van der Waals surface area contributed by atoms with Gasteiger partial charge in [-0.2, -0.15) is 0 Å². The van der Waals surface area contributed by atoms with Crippen molar-refractivity contribution in [2.75, 3.05) is 24.2 Å². The fourth-order valence-corrected chi connectivity index (χ4v) is 1.07. The van der Waals surface area contributed by atoms with Gasteiger partial charge in [0.15, 0.2) is 0 Å². The number of rotatable bonds is 4. The number of nitrogens with two attached hydrogens (primary N) is 1. The summed E-state index contributed by atoms with van der Waals surface area (Å²) in [6, 6.07) is 1.87. The quantitative estimate of drug-likeness (QED) is 0.670. The highest BCUT2D eigenvalue weighted by atomic mass is 16.3. The summed E-state index contributed by atoms with van der Waals surface area (Å²) in [6.07, 6.45) is 1.77. The molecule has 0 aliphatic heterocycles. The summed E-state index contributed by atoms with van der Waals surface area (Å²) in [6.45, 7) is 4.75. The van der Waals surface area contributed by atoms with Crippen LogP contribution in [0.4, 0.5) is 11.5 Å². The summed E-state index contributed by atoms with van der Waals surface area (Å²) in [7, 11) is 0. The van der Waals surface area contributed by atoms with E-state index >= 15 is 0 Å². The Morgan fingerprint density at radius 1 is 1.64 bits per heavy atom. The maximum absolute atomic E-state index is 8.83. The lowest BCUT2D eigenvalue weighted by Crippen LogP contribution is -2.16. The van der Waals surface area contributed by atoms with Crippen molar-refractivity contribution in [1.82, 2.24) is 4.98 Å². The van der Waals surface area contributed by atoms with E-state index in [1.165, 1.54) is 0 Å². The first kappa shape index (κ1) is 10.8. The molecule has 0 radical (unpaired) electrons. The minimum atomic E-state index is 0.165.